The zero-order chi connectivity index (χ0) is 15.5. The van der Waals surface area contributed by atoms with Gasteiger partial charge in [0.15, 0.2) is 12.4 Å². The van der Waals surface area contributed by atoms with E-state index in [0.717, 1.165) is 5.56 Å². The van der Waals surface area contributed by atoms with E-state index in [1.807, 2.05) is 12.1 Å². The van der Waals surface area contributed by atoms with E-state index in [2.05, 4.69) is 10.1 Å². The van der Waals surface area contributed by atoms with Crippen LogP contribution in [0, 0.1) is 6.92 Å². The first kappa shape index (κ1) is 14.3. The third-order valence-electron chi connectivity index (χ3n) is 2.84. The third-order valence-corrected chi connectivity index (χ3v) is 3.09. The zero-order valence-corrected chi connectivity index (χ0v) is 12.3. The van der Waals surface area contributed by atoms with Crippen molar-refractivity contribution in [2.75, 3.05) is 0 Å². The van der Waals surface area contributed by atoms with Crippen molar-refractivity contribution in [2.24, 2.45) is 0 Å². The fourth-order valence-corrected chi connectivity index (χ4v) is 1.91. The number of carbonyl (C=O) groups is 1. The van der Waals surface area contributed by atoms with Crippen LogP contribution in [0.3, 0.4) is 0 Å². The van der Waals surface area contributed by atoms with Crippen LogP contribution in [-0.2, 0) is 11.3 Å². The molecule has 0 aliphatic rings. The number of benzene rings is 1. The van der Waals surface area contributed by atoms with Crippen LogP contribution < -0.4 is 0 Å². The van der Waals surface area contributed by atoms with Crippen LogP contribution in [0.15, 0.2) is 45.5 Å². The molecule has 0 aliphatic carbocycles. The first-order chi connectivity index (χ1) is 10.6. The second kappa shape index (κ2) is 6.03. The maximum atomic E-state index is 11.7. The summed E-state index contributed by atoms with van der Waals surface area (Å²) in [7, 11) is 0. The lowest BCUT2D eigenvalue weighted by molar-refractivity contribution is 0.0392. The molecule has 0 unspecified atom stereocenters. The summed E-state index contributed by atoms with van der Waals surface area (Å²) < 4.78 is 15.4. The molecule has 3 rings (SSSR count). The van der Waals surface area contributed by atoms with Crippen LogP contribution in [0.25, 0.3) is 11.3 Å². The summed E-state index contributed by atoms with van der Waals surface area (Å²) in [6.07, 6.45) is 1.56. The van der Waals surface area contributed by atoms with Gasteiger partial charge in [-0.2, -0.15) is 0 Å². The van der Waals surface area contributed by atoms with E-state index < -0.39 is 5.97 Å². The molecule has 0 bridgehead atoms. The highest BCUT2D eigenvalue weighted by Crippen LogP contribution is 2.22. The lowest BCUT2D eigenvalue weighted by Gasteiger charge is -1.99. The molecule has 22 heavy (non-hydrogen) atoms. The van der Waals surface area contributed by atoms with Gasteiger partial charge in [-0.25, -0.2) is 9.78 Å². The smallest absolute Gasteiger partial charge is 0.377 e. The van der Waals surface area contributed by atoms with E-state index in [1.165, 1.54) is 6.07 Å². The number of hydrogen-bond acceptors (Lipinski definition) is 6. The molecule has 0 fully saturated rings. The monoisotopic (exact) mass is 318 g/mol. The van der Waals surface area contributed by atoms with Gasteiger partial charge in [0.1, 0.15) is 0 Å². The van der Waals surface area contributed by atoms with Gasteiger partial charge in [0.05, 0.1) is 11.9 Å². The van der Waals surface area contributed by atoms with Crippen LogP contribution in [-0.4, -0.2) is 16.1 Å². The van der Waals surface area contributed by atoms with Crippen LogP contribution in [0.5, 0.6) is 0 Å². The molecule has 6 nitrogen and oxygen atoms in total. The molecular weight excluding hydrogens is 308 g/mol. The number of hydrogen-bond donors (Lipinski definition) is 0. The summed E-state index contributed by atoms with van der Waals surface area (Å²) in [6, 6.07) is 8.64. The van der Waals surface area contributed by atoms with Gasteiger partial charge in [-0.3, -0.25) is 0 Å². The average molecular weight is 319 g/mol. The number of carbonyl (C=O) groups excluding carboxylic acids is 1. The Labute approximate surface area is 130 Å². The Morgan fingerprint density at radius 3 is 2.77 bits per heavy atom. The number of ether oxygens (including phenoxy) is 1. The van der Waals surface area contributed by atoms with E-state index in [-0.39, 0.29) is 18.3 Å². The van der Waals surface area contributed by atoms with Gasteiger partial charge >= 0.3 is 5.97 Å². The van der Waals surface area contributed by atoms with Gasteiger partial charge in [-0.15, -0.1) is 0 Å². The largest absolute Gasteiger partial charge is 0.450 e. The van der Waals surface area contributed by atoms with Gasteiger partial charge < -0.3 is 13.7 Å². The highest BCUT2D eigenvalue weighted by Gasteiger charge is 2.15. The Hall–Kier alpha value is -2.60. The van der Waals surface area contributed by atoms with Crippen molar-refractivity contribution in [3.8, 4) is 11.3 Å². The van der Waals surface area contributed by atoms with E-state index in [4.69, 9.17) is 25.3 Å². The highest BCUT2D eigenvalue weighted by atomic mass is 35.5. The number of halogens is 1. The Balaban J connectivity index is 1.64. The maximum Gasteiger partial charge on any atom is 0.377 e. The number of esters is 1. The molecule has 112 valence electrons. The van der Waals surface area contributed by atoms with Crippen LogP contribution >= 0.6 is 11.6 Å². The number of oxazole rings is 1. The molecule has 0 spiro atoms. The second-order valence-corrected chi connectivity index (χ2v) is 4.97. The molecule has 0 radical (unpaired) electrons. The molecule has 1 aromatic carbocycles. The summed E-state index contributed by atoms with van der Waals surface area (Å²) in [5.41, 5.74) is 1.44. The number of nitrogens with zero attached hydrogens (tertiary/aromatic N) is 2. The van der Waals surface area contributed by atoms with Crippen LogP contribution in [0.4, 0.5) is 0 Å². The van der Waals surface area contributed by atoms with Crippen molar-refractivity contribution in [1.29, 1.82) is 0 Å². The third kappa shape index (κ3) is 3.17. The number of rotatable bonds is 4. The molecule has 3 aromatic rings. The number of aromatic nitrogens is 2. The average Bonchev–Trinajstić information content (AvgIpc) is 3.15. The van der Waals surface area contributed by atoms with Crippen molar-refractivity contribution >= 4 is 17.6 Å². The molecule has 0 saturated carbocycles. The van der Waals surface area contributed by atoms with Gasteiger partial charge in [0.2, 0.25) is 11.7 Å². The lowest BCUT2D eigenvalue weighted by atomic mass is 10.2. The SMILES string of the molecule is Cc1cc(C(=O)OCc2ncc(-c3ccc(Cl)cc3)o2)on1. The van der Waals surface area contributed by atoms with Crippen LogP contribution in [0.1, 0.15) is 22.1 Å². The van der Waals surface area contributed by atoms with Crippen molar-refractivity contribution in [1.82, 2.24) is 10.1 Å². The lowest BCUT2D eigenvalue weighted by Crippen LogP contribution is -2.04. The van der Waals surface area contributed by atoms with Gasteiger partial charge in [0.25, 0.3) is 0 Å². The summed E-state index contributed by atoms with van der Waals surface area (Å²) >= 11 is 5.83. The first-order valence-electron chi connectivity index (χ1n) is 6.43. The van der Waals surface area contributed by atoms with Gasteiger partial charge in [-0.05, 0) is 31.2 Å². The summed E-state index contributed by atoms with van der Waals surface area (Å²) in [4.78, 5) is 15.8. The number of aryl methyl sites for hydroxylation is 1. The minimum Gasteiger partial charge on any atom is -0.450 e. The minimum absolute atomic E-state index is 0.0435. The Morgan fingerprint density at radius 2 is 2.09 bits per heavy atom. The molecule has 2 heterocycles. The standard InChI is InChI=1S/C15H11ClN2O4/c1-9-6-12(22-18-9)15(19)20-8-14-17-7-13(21-14)10-2-4-11(16)5-3-10/h2-7H,8H2,1H3. The normalized spacial score (nSPS) is 10.6. The molecule has 0 amide bonds. The van der Waals surface area contributed by atoms with Crippen LogP contribution in [0.2, 0.25) is 5.02 Å². The van der Waals surface area contributed by atoms with E-state index in [9.17, 15) is 4.79 Å². The molecule has 0 aliphatic heterocycles. The Morgan fingerprint density at radius 1 is 1.32 bits per heavy atom. The molecule has 0 N–H and O–H groups in total. The van der Waals surface area contributed by atoms with Crippen molar-refractivity contribution < 1.29 is 18.5 Å². The van der Waals surface area contributed by atoms with Crippen molar-refractivity contribution in [3.05, 3.63) is 58.9 Å². The first-order valence-corrected chi connectivity index (χ1v) is 6.81. The van der Waals surface area contributed by atoms with Gasteiger partial charge in [-0.1, -0.05) is 16.8 Å². The minimum atomic E-state index is -0.619. The van der Waals surface area contributed by atoms with Gasteiger partial charge in [0, 0.05) is 16.7 Å². The Bertz CT molecular complexity index is 792. The molecule has 0 saturated heterocycles. The summed E-state index contributed by atoms with van der Waals surface area (Å²) in [6.45, 7) is 1.62. The van der Waals surface area contributed by atoms with Crippen molar-refractivity contribution in [3.63, 3.8) is 0 Å². The summed E-state index contributed by atoms with van der Waals surface area (Å²) in [5, 5.41) is 4.26. The predicted molar refractivity (Wildman–Crippen MR) is 77.3 cm³/mol. The molecule has 7 heteroatoms. The van der Waals surface area contributed by atoms with E-state index in [1.54, 1.807) is 25.3 Å². The summed E-state index contributed by atoms with van der Waals surface area (Å²) in [5.74, 6) is 0.279. The Kier molecular flexibility index (Phi) is 3.93. The zero-order valence-electron chi connectivity index (χ0n) is 11.6. The maximum absolute atomic E-state index is 11.7. The van der Waals surface area contributed by atoms with E-state index >= 15 is 0 Å². The second-order valence-electron chi connectivity index (χ2n) is 4.53. The highest BCUT2D eigenvalue weighted by molar-refractivity contribution is 6.30. The molecule has 2 aromatic heterocycles. The van der Waals surface area contributed by atoms with E-state index in [0.29, 0.717) is 16.5 Å². The fourth-order valence-electron chi connectivity index (χ4n) is 1.78. The molecule has 0 atom stereocenters. The quantitative estimate of drug-likeness (QED) is 0.683. The predicted octanol–water partition coefficient (Wildman–Crippen LogP) is 3.65. The fraction of sp³-hybridized carbons (Fsp3) is 0.133. The molecular formula is C15H11ClN2O4. The topological polar surface area (TPSA) is 78.4 Å². The van der Waals surface area contributed by atoms with Crippen molar-refractivity contribution in [2.45, 2.75) is 13.5 Å².